The molecule has 0 aliphatic rings. The van der Waals surface area contributed by atoms with E-state index >= 15 is 0 Å². The highest BCUT2D eigenvalue weighted by atomic mass is 35.5. The largest absolute Gasteiger partial charge is 0.372 e. The van der Waals surface area contributed by atoms with Crippen molar-refractivity contribution in [3.63, 3.8) is 0 Å². The van der Waals surface area contributed by atoms with Crippen LogP contribution in [0.15, 0.2) is 18.2 Å². The molecule has 0 heterocycles. The standard InChI is InChI=1S/C13H18ClFN2O/c1-8(12(18)17-13(2,3)4)16-11-6-5-9(14)7-10(11)15/h5-8,16H,1-4H3,(H,17,18). The van der Waals surface area contributed by atoms with Gasteiger partial charge in [0, 0.05) is 10.6 Å². The quantitative estimate of drug-likeness (QED) is 0.887. The van der Waals surface area contributed by atoms with E-state index < -0.39 is 11.9 Å². The van der Waals surface area contributed by atoms with E-state index in [9.17, 15) is 9.18 Å². The molecular formula is C13H18ClFN2O. The number of amides is 1. The van der Waals surface area contributed by atoms with Crippen LogP contribution in [0.3, 0.4) is 0 Å². The lowest BCUT2D eigenvalue weighted by atomic mass is 10.1. The number of nitrogens with one attached hydrogen (secondary N) is 2. The molecule has 0 radical (unpaired) electrons. The number of hydrogen-bond acceptors (Lipinski definition) is 2. The molecule has 3 nitrogen and oxygen atoms in total. The van der Waals surface area contributed by atoms with Crippen molar-refractivity contribution < 1.29 is 9.18 Å². The summed E-state index contributed by atoms with van der Waals surface area (Å²) in [4.78, 5) is 11.8. The fourth-order valence-electron chi connectivity index (χ4n) is 1.38. The molecule has 2 N–H and O–H groups in total. The SMILES string of the molecule is CC(Nc1ccc(Cl)cc1F)C(=O)NC(C)(C)C. The number of hydrogen-bond donors (Lipinski definition) is 2. The molecule has 1 aromatic carbocycles. The number of benzene rings is 1. The van der Waals surface area contributed by atoms with Gasteiger partial charge in [0.1, 0.15) is 11.9 Å². The average Bonchev–Trinajstić information content (AvgIpc) is 2.19. The predicted octanol–water partition coefficient (Wildman–Crippen LogP) is 3.19. The molecule has 1 amide bonds. The van der Waals surface area contributed by atoms with Gasteiger partial charge in [0.05, 0.1) is 5.69 Å². The van der Waals surface area contributed by atoms with Gasteiger partial charge in [0.15, 0.2) is 0 Å². The maximum Gasteiger partial charge on any atom is 0.242 e. The molecule has 0 aromatic heterocycles. The Morgan fingerprint density at radius 3 is 2.50 bits per heavy atom. The molecule has 0 bridgehead atoms. The van der Waals surface area contributed by atoms with Crippen LogP contribution >= 0.6 is 11.6 Å². The number of rotatable bonds is 3. The summed E-state index contributed by atoms with van der Waals surface area (Å²) in [5, 5.41) is 5.96. The van der Waals surface area contributed by atoms with Crippen LogP contribution in [0.5, 0.6) is 0 Å². The van der Waals surface area contributed by atoms with Crippen LogP contribution in [0.4, 0.5) is 10.1 Å². The van der Waals surface area contributed by atoms with Gasteiger partial charge < -0.3 is 10.6 Å². The van der Waals surface area contributed by atoms with E-state index in [2.05, 4.69) is 10.6 Å². The maximum absolute atomic E-state index is 13.5. The zero-order valence-corrected chi connectivity index (χ0v) is 11.7. The number of carbonyl (C=O) groups excluding carboxylic acids is 1. The molecule has 0 saturated heterocycles. The van der Waals surface area contributed by atoms with Crippen LogP contribution in [0.2, 0.25) is 5.02 Å². The molecule has 0 aliphatic carbocycles. The minimum Gasteiger partial charge on any atom is -0.372 e. The molecule has 1 atom stereocenters. The fraction of sp³-hybridized carbons (Fsp3) is 0.462. The summed E-state index contributed by atoms with van der Waals surface area (Å²) in [6, 6.07) is 3.76. The third-order valence-corrected chi connectivity index (χ3v) is 2.43. The van der Waals surface area contributed by atoms with Crippen LogP contribution < -0.4 is 10.6 Å². The molecule has 18 heavy (non-hydrogen) atoms. The van der Waals surface area contributed by atoms with Crippen LogP contribution in [0, 0.1) is 5.82 Å². The zero-order valence-electron chi connectivity index (χ0n) is 11.0. The molecule has 0 saturated carbocycles. The summed E-state index contributed by atoms with van der Waals surface area (Å²) in [6.45, 7) is 7.34. The first-order valence-electron chi connectivity index (χ1n) is 5.72. The minimum absolute atomic E-state index is 0.183. The van der Waals surface area contributed by atoms with Crippen molar-refractivity contribution in [2.75, 3.05) is 5.32 Å². The Morgan fingerprint density at radius 2 is 2.00 bits per heavy atom. The molecular weight excluding hydrogens is 255 g/mol. The van der Waals surface area contributed by atoms with Crippen LogP contribution in [0.25, 0.3) is 0 Å². The van der Waals surface area contributed by atoms with Gasteiger partial charge >= 0.3 is 0 Å². The average molecular weight is 273 g/mol. The molecule has 0 spiro atoms. The van der Waals surface area contributed by atoms with E-state index in [0.29, 0.717) is 5.02 Å². The predicted molar refractivity (Wildman–Crippen MR) is 72.4 cm³/mol. The molecule has 0 aliphatic heterocycles. The monoisotopic (exact) mass is 272 g/mol. The molecule has 0 fully saturated rings. The van der Waals surface area contributed by atoms with Gasteiger partial charge in [-0.25, -0.2) is 4.39 Å². The third-order valence-electron chi connectivity index (χ3n) is 2.19. The Hall–Kier alpha value is -1.29. The Morgan fingerprint density at radius 1 is 1.39 bits per heavy atom. The van der Waals surface area contributed by atoms with Crippen molar-refractivity contribution in [3.8, 4) is 0 Å². The summed E-state index contributed by atoms with van der Waals surface area (Å²) in [7, 11) is 0. The highest BCUT2D eigenvalue weighted by molar-refractivity contribution is 6.30. The van der Waals surface area contributed by atoms with Crippen LogP contribution in [-0.4, -0.2) is 17.5 Å². The van der Waals surface area contributed by atoms with Crippen molar-refractivity contribution in [2.24, 2.45) is 0 Å². The van der Waals surface area contributed by atoms with Crippen LogP contribution in [0.1, 0.15) is 27.7 Å². The second kappa shape index (κ2) is 5.57. The van der Waals surface area contributed by atoms with Crippen molar-refractivity contribution in [1.82, 2.24) is 5.32 Å². The van der Waals surface area contributed by atoms with Gasteiger partial charge in [-0.3, -0.25) is 4.79 Å². The fourth-order valence-corrected chi connectivity index (χ4v) is 1.54. The minimum atomic E-state index is -0.528. The van der Waals surface area contributed by atoms with E-state index in [-0.39, 0.29) is 17.1 Å². The Balaban J connectivity index is 2.69. The van der Waals surface area contributed by atoms with E-state index in [1.165, 1.54) is 12.1 Å². The van der Waals surface area contributed by atoms with Gasteiger partial charge in [-0.05, 0) is 45.9 Å². The highest BCUT2D eigenvalue weighted by Crippen LogP contribution is 2.19. The zero-order chi connectivity index (χ0) is 13.9. The number of anilines is 1. The Labute approximate surface area is 112 Å². The first kappa shape index (κ1) is 14.8. The maximum atomic E-state index is 13.5. The summed E-state index contributed by atoms with van der Waals surface area (Å²) < 4.78 is 13.5. The van der Waals surface area contributed by atoms with Gasteiger partial charge in [-0.15, -0.1) is 0 Å². The summed E-state index contributed by atoms with van der Waals surface area (Å²) in [5.41, 5.74) is -0.0538. The molecule has 1 aromatic rings. The van der Waals surface area contributed by atoms with E-state index in [4.69, 9.17) is 11.6 Å². The lowest BCUT2D eigenvalue weighted by Gasteiger charge is -2.24. The molecule has 1 rings (SSSR count). The highest BCUT2D eigenvalue weighted by Gasteiger charge is 2.19. The Bertz CT molecular complexity index is 443. The molecule has 1 unspecified atom stereocenters. The summed E-state index contributed by atoms with van der Waals surface area (Å²) >= 11 is 5.66. The smallest absolute Gasteiger partial charge is 0.242 e. The summed E-state index contributed by atoms with van der Waals surface area (Å²) in [5.74, 6) is -0.658. The third kappa shape index (κ3) is 4.53. The lowest BCUT2D eigenvalue weighted by molar-refractivity contribution is -0.122. The van der Waals surface area contributed by atoms with Crippen molar-refractivity contribution in [3.05, 3.63) is 29.0 Å². The Kier molecular flexibility index (Phi) is 4.57. The first-order valence-corrected chi connectivity index (χ1v) is 6.10. The topological polar surface area (TPSA) is 41.1 Å². The summed E-state index contributed by atoms with van der Waals surface area (Å²) in [6.07, 6.45) is 0. The second-order valence-electron chi connectivity index (χ2n) is 5.23. The van der Waals surface area contributed by atoms with Crippen molar-refractivity contribution in [1.29, 1.82) is 0 Å². The second-order valence-corrected chi connectivity index (χ2v) is 5.67. The van der Waals surface area contributed by atoms with Gasteiger partial charge in [-0.2, -0.15) is 0 Å². The lowest BCUT2D eigenvalue weighted by Crippen LogP contribution is -2.47. The van der Waals surface area contributed by atoms with Crippen molar-refractivity contribution in [2.45, 2.75) is 39.3 Å². The first-order chi connectivity index (χ1) is 8.19. The van der Waals surface area contributed by atoms with Gasteiger partial charge in [-0.1, -0.05) is 11.6 Å². The van der Waals surface area contributed by atoms with Gasteiger partial charge in [0.25, 0.3) is 0 Å². The normalized spacial score (nSPS) is 13.0. The number of carbonyl (C=O) groups is 1. The molecule has 5 heteroatoms. The van der Waals surface area contributed by atoms with E-state index in [1.807, 2.05) is 20.8 Å². The van der Waals surface area contributed by atoms with Crippen LogP contribution in [-0.2, 0) is 4.79 Å². The van der Waals surface area contributed by atoms with E-state index in [1.54, 1.807) is 13.0 Å². The number of halogens is 2. The van der Waals surface area contributed by atoms with E-state index in [0.717, 1.165) is 0 Å². The van der Waals surface area contributed by atoms with Crippen molar-refractivity contribution >= 4 is 23.2 Å². The van der Waals surface area contributed by atoms with Gasteiger partial charge in [0.2, 0.25) is 5.91 Å². The molecule has 100 valence electrons.